The quantitative estimate of drug-likeness (QED) is 0.825. The number of carboxylic acids is 1. The van der Waals surface area contributed by atoms with Gasteiger partial charge in [0.2, 0.25) is 0 Å². The Bertz CT molecular complexity index is 569. The van der Waals surface area contributed by atoms with E-state index in [0.29, 0.717) is 17.5 Å². The number of hydrogen-bond acceptors (Lipinski definition) is 4. The van der Waals surface area contributed by atoms with Crippen LogP contribution in [0.3, 0.4) is 0 Å². The van der Waals surface area contributed by atoms with Gasteiger partial charge in [-0.15, -0.1) is 5.10 Å². The molecule has 1 unspecified atom stereocenters. The van der Waals surface area contributed by atoms with E-state index in [2.05, 4.69) is 29.5 Å². The van der Waals surface area contributed by atoms with Crippen molar-refractivity contribution in [1.29, 1.82) is 0 Å². The maximum Gasteiger partial charge on any atom is 0.358 e. The average Bonchev–Trinajstić information content (AvgIpc) is 2.96. The minimum Gasteiger partial charge on any atom is -0.476 e. The molecule has 3 rings (SSSR count). The Hall–Kier alpha value is -1.43. The highest BCUT2D eigenvalue weighted by Crippen LogP contribution is 2.35. The maximum absolute atomic E-state index is 11.1. The topological polar surface area (TPSA) is 80.0 Å². The first-order valence-corrected chi connectivity index (χ1v) is 9.36. The summed E-state index contributed by atoms with van der Waals surface area (Å²) in [7, 11) is 0. The molecular weight excluding hydrogens is 304 g/mol. The van der Waals surface area contributed by atoms with Gasteiger partial charge in [-0.1, -0.05) is 38.3 Å². The van der Waals surface area contributed by atoms with Crippen LogP contribution in [0, 0.1) is 5.41 Å². The highest BCUT2D eigenvalue weighted by atomic mass is 16.4. The van der Waals surface area contributed by atoms with Crippen LogP contribution in [0.15, 0.2) is 6.20 Å². The SMILES string of the molecule is CC1(C)CCCC(N[C@@H]2CCCC[C@@H]2n2cc(C(=O)O)nn2)CC1. The van der Waals surface area contributed by atoms with Crippen LogP contribution in [0.25, 0.3) is 0 Å². The van der Waals surface area contributed by atoms with E-state index in [1.54, 1.807) is 10.9 Å². The van der Waals surface area contributed by atoms with Gasteiger partial charge < -0.3 is 10.4 Å². The molecule has 24 heavy (non-hydrogen) atoms. The Morgan fingerprint density at radius 2 is 2.00 bits per heavy atom. The van der Waals surface area contributed by atoms with Crippen molar-refractivity contribution in [2.45, 2.75) is 89.8 Å². The van der Waals surface area contributed by atoms with E-state index in [1.807, 2.05) is 0 Å². The van der Waals surface area contributed by atoms with Crippen molar-refractivity contribution >= 4 is 5.97 Å². The first kappa shape index (κ1) is 17.4. The van der Waals surface area contributed by atoms with Crippen LogP contribution in [-0.2, 0) is 0 Å². The summed E-state index contributed by atoms with van der Waals surface area (Å²) in [6, 6.07) is 1.16. The van der Waals surface area contributed by atoms with Crippen LogP contribution in [0.4, 0.5) is 0 Å². The van der Waals surface area contributed by atoms with E-state index in [9.17, 15) is 4.79 Å². The fourth-order valence-corrected chi connectivity index (χ4v) is 4.29. The Labute approximate surface area is 144 Å². The third-order valence-corrected chi connectivity index (χ3v) is 5.82. The zero-order valence-electron chi connectivity index (χ0n) is 14.9. The van der Waals surface area contributed by atoms with E-state index >= 15 is 0 Å². The van der Waals surface area contributed by atoms with Crippen molar-refractivity contribution in [1.82, 2.24) is 20.3 Å². The van der Waals surface area contributed by atoms with Crippen molar-refractivity contribution in [3.63, 3.8) is 0 Å². The van der Waals surface area contributed by atoms with Crippen molar-refractivity contribution in [2.24, 2.45) is 5.41 Å². The molecule has 1 heterocycles. The first-order valence-electron chi connectivity index (χ1n) is 9.36. The number of carboxylic acid groups (broad SMARTS) is 1. The Kier molecular flexibility index (Phi) is 5.23. The van der Waals surface area contributed by atoms with Gasteiger partial charge in [0.25, 0.3) is 0 Å². The van der Waals surface area contributed by atoms with Gasteiger partial charge in [0.05, 0.1) is 12.2 Å². The summed E-state index contributed by atoms with van der Waals surface area (Å²) < 4.78 is 1.78. The summed E-state index contributed by atoms with van der Waals surface area (Å²) in [5.74, 6) is -1.01. The lowest BCUT2D eigenvalue weighted by atomic mass is 9.85. The summed E-state index contributed by atoms with van der Waals surface area (Å²) in [4.78, 5) is 11.1. The summed E-state index contributed by atoms with van der Waals surface area (Å²) in [5.41, 5.74) is 0.501. The first-order chi connectivity index (χ1) is 11.4. The molecule has 2 aliphatic carbocycles. The smallest absolute Gasteiger partial charge is 0.358 e. The van der Waals surface area contributed by atoms with Gasteiger partial charge in [0, 0.05) is 12.1 Å². The molecule has 134 valence electrons. The maximum atomic E-state index is 11.1. The molecule has 2 N–H and O–H groups in total. The molecule has 6 nitrogen and oxygen atoms in total. The minimum absolute atomic E-state index is 0.0375. The van der Waals surface area contributed by atoms with Crippen LogP contribution in [0.1, 0.15) is 88.2 Å². The molecule has 3 atom stereocenters. The standard InChI is InChI=1S/C18H30N4O2/c1-18(2)10-5-6-13(9-11-18)19-14-7-3-4-8-16(14)22-12-15(17(23)24)20-21-22/h12-14,16,19H,3-11H2,1-2H3,(H,23,24)/t13?,14-,16+/m1/s1. The van der Waals surface area contributed by atoms with Crippen LogP contribution in [-0.4, -0.2) is 38.2 Å². The lowest BCUT2D eigenvalue weighted by molar-refractivity contribution is 0.0690. The fraction of sp³-hybridized carbons (Fsp3) is 0.833. The van der Waals surface area contributed by atoms with E-state index in [4.69, 9.17) is 5.11 Å². The zero-order chi connectivity index (χ0) is 17.2. The molecular formula is C18H30N4O2. The highest BCUT2D eigenvalue weighted by molar-refractivity contribution is 5.84. The van der Waals surface area contributed by atoms with Gasteiger partial charge in [-0.05, 0) is 43.9 Å². The van der Waals surface area contributed by atoms with Gasteiger partial charge in [-0.3, -0.25) is 0 Å². The Morgan fingerprint density at radius 3 is 2.75 bits per heavy atom. The molecule has 2 saturated carbocycles. The van der Waals surface area contributed by atoms with Gasteiger partial charge in [0.1, 0.15) is 0 Å². The Morgan fingerprint density at radius 1 is 1.21 bits per heavy atom. The summed E-state index contributed by atoms with van der Waals surface area (Å²) in [5, 5.41) is 20.8. The second-order valence-corrected chi connectivity index (χ2v) is 8.31. The largest absolute Gasteiger partial charge is 0.476 e. The van der Waals surface area contributed by atoms with E-state index < -0.39 is 5.97 Å². The molecule has 6 heteroatoms. The summed E-state index contributed by atoms with van der Waals surface area (Å²) >= 11 is 0. The molecule has 0 amide bonds. The van der Waals surface area contributed by atoms with Gasteiger partial charge in [-0.25, -0.2) is 9.48 Å². The number of nitrogens with zero attached hydrogens (tertiary/aromatic N) is 3. The lowest BCUT2D eigenvalue weighted by Crippen LogP contribution is -2.45. The molecule has 2 fully saturated rings. The van der Waals surface area contributed by atoms with Crippen LogP contribution in [0.5, 0.6) is 0 Å². The average molecular weight is 334 g/mol. The third-order valence-electron chi connectivity index (χ3n) is 5.82. The second-order valence-electron chi connectivity index (χ2n) is 8.31. The number of hydrogen-bond donors (Lipinski definition) is 2. The van der Waals surface area contributed by atoms with Gasteiger partial charge in [-0.2, -0.15) is 0 Å². The predicted molar refractivity (Wildman–Crippen MR) is 92.1 cm³/mol. The van der Waals surface area contributed by atoms with Crippen molar-refractivity contribution in [3.05, 3.63) is 11.9 Å². The van der Waals surface area contributed by atoms with E-state index in [-0.39, 0.29) is 11.7 Å². The Balaban J connectivity index is 1.67. The zero-order valence-corrected chi connectivity index (χ0v) is 14.9. The monoisotopic (exact) mass is 334 g/mol. The predicted octanol–water partition coefficient (Wildman–Crippen LogP) is 3.41. The van der Waals surface area contributed by atoms with Crippen molar-refractivity contribution < 1.29 is 9.90 Å². The van der Waals surface area contributed by atoms with Crippen LogP contribution in [0.2, 0.25) is 0 Å². The fourth-order valence-electron chi connectivity index (χ4n) is 4.29. The molecule has 0 spiro atoms. The van der Waals surface area contributed by atoms with Gasteiger partial charge in [0.15, 0.2) is 5.69 Å². The molecule has 0 radical (unpaired) electrons. The normalized spacial score (nSPS) is 30.7. The number of nitrogens with one attached hydrogen (secondary N) is 1. The van der Waals surface area contributed by atoms with Crippen LogP contribution < -0.4 is 5.32 Å². The minimum atomic E-state index is -1.01. The van der Waals surface area contributed by atoms with Crippen molar-refractivity contribution in [3.8, 4) is 0 Å². The second kappa shape index (κ2) is 7.21. The summed E-state index contributed by atoms with van der Waals surface area (Å²) in [6.07, 6.45) is 12.5. The number of aromatic carboxylic acids is 1. The number of carbonyl (C=O) groups is 1. The van der Waals surface area contributed by atoms with Gasteiger partial charge >= 0.3 is 5.97 Å². The van der Waals surface area contributed by atoms with E-state index in [1.165, 1.54) is 44.9 Å². The summed E-state index contributed by atoms with van der Waals surface area (Å²) in [6.45, 7) is 4.75. The molecule has 0 aliphatic heterocycles. The number of aromatic nitrogens is 3. The molecule has 0 aromatic carbocycles. The number of rotatable bonds is 4. The van der Waals surface area contributed by atoms with E-state index in [0.717, 1.165) is 12.8 Å². The molecule has 0 saturated heterocycles. The third kappa shape index (κ3) is 4.15. The molecule has 1 aromatic rings. The van der Waals surface area contributed by atoms with Crippen molar-refractivity contribution in [2.75, 3.05) is 0 Å². The molecule has 2 aliphatic rings. The lowest BCUT2D eigenvalue weighted by Gasteiger charge is -2.35. The van der Waals surface area contributed by atoms with Crippen LogP contribution >= 0.6 is 0 Å². The molecule has 1 aromatic heterocycles. The molecule has 0 bridgehead atoms. The highest BCUT2D eigenvalue weighted by Gasteiger charge is 2.31.